The van der Waals surface area contributed by atoms with Crippen molar-refractivity contribution in [1.82, 2.24) is 0 Å². The Morgan fingerprint density at radius 3 is 2.61 bits per heavy atom. The summed E-state index contributed by atoms with van der Waals surface area (Å²) >= 11 is 0. The van der Waals surface area contributed by atoms with E-state index in [0.717, 1.165) is 25.7 Å². The summed E-state index contributed by atoms with van der Waals surface area (Å²) in [6.07, 6.45) is 7.21. The van der Waals surface area contributed by atoms with Crippen molar-refractivity contribution >= 4 is 5.78 Å². The lowest BCUT2D eigenvalue weighted by molar-refractivity contribution is -0.120. The predicted molar refractivity (Wildman–Crippen MR) is 72.2 cm³/mol. The minimum atomic E-state index is -0.833. The van der Waals surface area contributed by atoms with E-state index in [2.05, 4.69) is 6.92 Å². The maximum absolute atomic E-state index is 11.5. The van der Waals surface area contributed by atoms with Crippen molar-refractivity contribution in [2.75, 3.05) is 0 Å². The molecule has 3 nitrogen and oxygen atoms in total. The van der Waals surface area contributed by atoms with E-state index in [9.17, 15) is 15.0 Å². The second-order valence-corrected chi connectivity index (χ2v) is 5.78. The number of aliphatic hydroxyl groups is 2. The van der Waals surface area contributed by atoms with E-state index in [4.69, 9.17) is 0 Å². The number of Topliss-reactive ketones (excluding diaryl/α,β-unsaturated/α-hetero) is 1. The van der Waals surface area contributed by atoms with Crippen LogP contribution in [-0.4, -0.2) is 27.7 Å². The van der Waals surface area contributed by atoms with Gasteiger partial charge in [0.15, 0.2) is 0 Å². The molecule has 1 fully saturated rings. The Bertz CT molecular complexity index is 307. The van der Waals surface area contributed by atoms with Crippen molar-refractivity contribution in [3.63, 3.8) is 0 Å². The van der Waals surface area contributed by atoms with E-state index in [-0.39, 0.29) is 24.0 Å². The molecular formula is C15H26O3. The first kappa shape index (κ1) is 15.4. The largest absolute Gasteiger partial charge is 0.392 e. The number of ketones is 1. The van der Waals surface area contributed by atoms with Gasteiger partial charge in [-0.25, -0.2) is 0 Å². The first-order chi connectivity index (χ1) is 8.37. The van der Waals surface area contributed by atoms with Gasteiger partial charge in [0.2, 0.25) is 0 Å². The molecule has 0 aliphatic heterocycles. The molecular weight excluding hydrogens is 228 g/mol. The summed E-state index contributed by atoms with van der Waals surface area (Å²) in [5, 5.41) is 20.0. The Morgan fingerprint density at radius 1 is 1.44 bits per heavy atom. The van der Waals surface area contributed by atoms with Crippen LogP contribution in [0.4, 0.5) is 0 Å². The zero-order chi connectivity index (χ0) is 13.8. The highest BCUT2D eigenvalue weighted by Gasteiger charge is 2.37. The fourth-order valence-corrected chi connectivity index (χ4v) is 2.51. The molecule has 2 N–H and O–H groups in total. The summed E-state index contributed by atoms with van der Waals surface area (Å²) in [7, 11) is 0. The van der Waals surface area contributed by atoms with Crippen LogP contribution in [0.5, 0.6) is 0 Å². The molecule has 0 aromatic rings. The minimum Gasteiger partial charge on any atom is -0.392 e. The number of hydrogen-bond acceptors (Lipinski definition) is 3. The maximum Gasteiger partial charge on any atom is 0.138 e. The van der Waals surface area contributed by atoms with E-state index >= 15 is 0 Å². The predicted octanol–water partition coefficient (Wildman–Crippen LogP) is 2.46. The molecule has 0 radical (unpaired) electrons. The first-order valence-corrected chi connectivity index (χ1v) is 7.00. The highest BCUT2D eigenvalue weighted by atomic mass is 16.3. The summed E-state index contributed by atoms with van der Waals surface area (Å²) in [4.78, 5) is 11.5. The fraction of sp³-hybridized carbons (Fsp3) is 0.800. The van der Waals surface area contributed by atoms with Crippen molar-refractivity contribution in [3.05, 3.63) is 12.2 Å². The van der Waals surface area contributed by atoms with Crippen LogP contribution in [0.3, 0.4) is 0 Å². The van der Waals surface area contributed by atoms with E-state index in [1.165, 1.54) is 0 Å². The molecule has 1 aliphatic rings. The van der Waals surface area contributed by atoms with E-state index in [1.54, 1.807) is 13.0 Å². The van der Waals surface area contributed by atoms with Gasteiger partial charge in [-0.05, 0) is 13.3 Å². The average Bonchev–Trinajstić information content (AvgIpc) is 2.51. The number of hydrogen-bond donors (Lipinski definition) is 2. The van der Waals surface area contributed by atoms with Gasteiger partial charge in [0.25, 0.3) is 0 Å². The van der Waals surface area contributed by atoms with Crippen molar-refractivity contribution in [3.8, 4) is 0 Å². The normalized spacial score (nSPS) is 32.1. The Balaban J connectivity index is 2.54. The standard InChI is InChI=1S/C15H26O3/c1-4-5-6-8-15(3,18)9-7-12-11(2)13(16)10-14(12)17/h7,9,11-12,14,17-18H,4-6,8,10H2,1-3H3/b9-7+/t11?,12-,14?,15+/m1/s1. The molecule has 0 bridgehead atoms. The number of carbonyl (C=O) groups excluding carboxylic acids is 1. The number of carbonyl (C=O) groups is 1. The molecule has 1 saturated carbocycles. The van der Waals surface area contributed by atoms with Gasteiger partial charge in [-0.15, -0.1) is 0 Å². The van der Waals surface area contributed by atoms with Gasteiger partial charge in [-0.1, -0.05) is 45.3 Å². The topological polar surface area (TPSA) is 57.5 Å². The van der Waals surface area contributed by atoms with Crippen LogP contribution >= 0.6 is 0 Å². The molecule has 0 saturated heterocycles. The summed E-state index contributed by atoms with van der Waals surface area (Å²) in [5.74, 6) is -0.166. The van der Waals surface area contributed by atoms with Crippen LogP contribution < -0.4 is 0 Å². The molecule has 0 spiro atoms. The lowest BCUT2D eigenvalue weighted by Crippen LogP contribution is -2.23. The summed E-state index contributed by atoms with van der Waals surface area (Å²) in [6.45, 7) is 5.76. The molecule has 3 heteroatoms. The summed E-state index contributed by atoms with van der Waals surface area (Å²) in [6, 6.07) is 0. The molecule has 1 rings (SSSR count). The van der Waals surface area contributed by atoms with Gasteiger partial charge in [0.1, 0.15) is 5.78 Å². The quantitative estimate of drug-likeness (QED) is 0.565. The van der Waals surface area contributed by atoms with Crippen LogP contribution in [0.2, 0.25) is 0 Å². The molecule has 18 heavy (non-hydrogen) atoms. The van der Waals surface area contributed by atoms with Crippen molar-refractivity contribution in [2.45, 2.75) is 64.6 Å². The van der Waals surface area contributed by atoms with Crippen molar-refractivity contribution in [2.24, 2.45) is 11.8 Å². The Kier molecular flexibility index (Phi) is 5.54. The second kappa shape index (κ2) is 6.48. The lowest BCUT2D eigenvalue weighted by Gasteiger charge is -2.21. The lowest BCUT2D eigenvalue weighted by atomic mass is 9.91. The van der Waals surface area contributed by atoms with Crippen LogP contribution in [0, 0.1) is 11.8 Å². The number of rotatable bonds is 6. The third-order valence-electron chi connectivity index (χ3n) is 3.90. The molecule has 0 aromatic heterocycles. The number of aliphatic hydroxyl groups excluding tert-OH is 1. The smallest absolute Gasteiger partial charge is 0.138 e. The third-order valence-corrected chi connectivity index (χ3v) is 3.90. The van der Waals surface area contributed by atoms with Crippen molar-refractivity contribution < 1.29 is 15.0 Å². The fourth-order valence-electron chi connectivity index (χ4n) is 2.51. The number of unbranched alkanes of at least 4 members (excludes halogenated alkanes) is 2. The van der Waals surface area contributed by atoms with Gasteiger partial charge in [-0.3, -0.25) is 4.79 Å². The SMILES string of the molecule is CCCCC[C@](C)(O)/C=C/[C@H]1C(O)CC(=O)C1C. The van der Waals surface area contributed by atoms with Gasteiger partial charge in [-0.2, -0.15) is 0 Å². The second-order valence-electron chi connectivity index (χ2n) is 5.78. The van der Waals surface area contributed by atoms with Crippen LogP contribution in [0.25, 0.3) is 0 Å². The molecule has 2 unspecified atom stereocenters. The van der Waals surface area contributed by atoms with Crippen LogP contribution in [0.1, 0.15) is 52.9 Å². The third kappa shape index (κ3) is 4.21. The highest BCUT2D eigenvalue weighted by Crippen LogP contribution is 2.31. The summed E-state index contributed by atoms with van der Waals surface area (Å²) in [5.41, 5.74) is -0.833. The van der Waals surface area contributed by atoms with Gasteiger partial charge in [0.05, 0.1) is 11.7 Å². The first-order valence-electron chi connectivity index (χ1n) is 7.00. The molecule has 0 heterocycles. The van der Waals surface area contributed by atoms with E-state index < -0.39 is 11.7 Å². The monoisotopic (exact) mass is 254 g/mol. The van der Waals surface area contributed by atoms with Gasteiger partial charge < -0.3 is 10.2 Å². The molecule has 0 amide bonds. The van der Waals surface area contributed by atoms with E-state index in [1.807, 2.05) is 13.0 Å². The zero-order valence-corrected chi connectivity index (χ0v) is 11.7. The molecule has 0 aromatic carbocycles. The molecule has 1 aliphatic carbocycles. The molecule has 4 atom stereocenters. The highest BCUT2D eigenvalue weighted by molar-refractivity contribution is 5.84. The van der Waals surface area contributed by atoms with Gasteiger partial charge in [0, 0.05) is 18.3 Å². The van der Waals surface area contributed by atoms with Crippen LogP contribution in [0.15, 0.2) is 12.2 Å². The Labute approximate surface area is 110 Å². The Hall–Kier alpha value is -0.670. The average molecular weight is 254 g/mol. The maximum atomic E-state index is 11.5. The zero-order valence-electron chi connectivity index (χ0n) is 11.7. The van der Waals surface area contributed by atoms with Crippen molar-refractivity contribution in [1.29, 1.82) is 0 Å². The van der Waals surface area contributed by atoms with Crippen LogP contribution in [-0.2, 0) is 4.79 Å². The van der Waals surface area contributed by atoms with Gasteiger partial charge >= 0.3 is 0 Å². The molecule has 104 valence electrons. The van der Waals surface area contributed by atoms with E-state index in [0.29, 0.717) is 0 Å². The minimum absolute atomic E-state index is 0.114. The Morgan fingerprint density at radius 2 is 2.11 bits per heavy atom. The summed E-state index contributed by atoms with van der Waals surface area (Å²) < 4.78 is 0.